The fourth-order valence-electron chi connectivity index (χ4n) is 0.940. The third-order valence-electron chi connectivity index (χ3n) is 1.63. The largest absolute Gasteiger partial charge is 0.457 e. The lowest BCUT2D eigenvalue weighted by Gasteiger charge is -2.02. The maximum atomic E-state index is 11.2. The summed E-state index contributed by atoms with van der Waals surface area (Å²) in [6.07, 6.45) is 0. The quantitative estimate of drug-likeness (QED) is 0.371. The molecule has 2 N–H and O–H groups in total. The molecule has 0 aliphatic heterocycles. The number of esters is 1. The molecule has 0 amide bonds. The van der Waals surface area contributed by atoms with E-state index in [4.69, 9.17) is 24.1 Å². The maximum Gasteiger partial charge on any atom is 0.374 e. The van der Waals surface area contributed by atoms with Crippen molar-refractivity contribution < 1.29 is 33.6 Å². The summed E-state index contributed by atoms with van der Waals surface area (Å²) in [7, 11) is 0. The number of rotatable bonds is 8. The Balaban J connectivity index is 2.34. The molecule has 0 saturated heterocycles. The average Bonchev–Trinajstić information content (AvgIpc) is 2.80. The maximum absolute atomic E-state index is 11.2. The number of aliphatic hydroxyl groups excluding tert-OH is 2. The first-order valence-corrected chi connectivity index (χ1v) is 4.97. The first kappa shape index (κ1) is 13.5. The van der Waals surface area contributed by atoms with E-state index in [0.717, 1.165) is 0 Å². The van der Waals surface area contributed by atoms with Crippen LogP contribution in [0.3, 0.4) is 0 Å². The topological polar surface area (TPSA) is 98.4 Å². The summed E-state index contributed by atoms with van der Waals surface area (Å²) in [6, 6.07) is 2.83. The fourth-order valence-corrected chi connectivity index (χ4v) is 0.940. The normalized spacial score (nSPS) is 10.2. The van der Waals surface area contributed by atoms with Crippen molar-refractivity contribution in [1.29, 1.82) is 0 Å². The molecule has 0 aliphatic rings. The minimum Gasteiger partial charge on any atom is -0.457 e. The molecule has 1 rings (SSSR count). The van der Waals surface area contributed by atoms with E-state index in [9.17, 15) is 4.79 Å². The van der Waals surface area contributed by atoms with Crippen molar-refractivity contribution in [2.45, 2.75) is 0 Å². The second-order valence-corrected chi connectivity index (χ2v) is 2.87. The zero-order valence-corrected chi connectivity index (χ0v) is 9.13. The van der Waals surface area contributed by atoms with Gasteiger partial charge in [-0.2, -0.15) is 0 Å². The summed E-state index contributed by atoms with van der Waals surface area (Å²) in [5, 5.41) is 16.9. The molecule has 7 nitrogen and oxygen atoms in total. The molecule has 0 aromatic carbocycles. The molecule has 0 spiro atoms. The van der Waals surface area contributed by atoms with Crippen LogP contribution >= 0.6 is 0 Å². The van der Waals surface area contributed by atoms with Gasteiger partial charge in [-0.05, 0) is 6.07 Å². The molecule has 0 fully saturated rings. The monoisotopic (exact) mass is 246 g/mol. The van der Waals surface area contributed by atoms with Crippen molar-refractivity contribution in [3.8, 4) is 5.95 Å². The van der Waals surface area contributed by atoms with Gasteiger partial charge in [-0.15, -0.1) is 0 Å². The Hall–Kier alpha value is -1.57. The summed E-state index contributed by atoms with van der Waals surface area (Å²) in [5.74, 6) is -0.584. The Kier molecular flexibility index (Phi) is 6.08. The van der Waals surface area contributed by atoms with E-state index in [1.165, 1.54) is 12.1 Å². The molecule has 0 saturated carbocycles. The average molecular weight is 246 g/mol. The molecule has 7 heteroatoms. The van der Waals surface area contributed by atoms with Crippen LogP contribution < -0.4 is 4.74 Å². The molecular formula is C10H14O7. The SMILES string of the molecule is O=C(OCCO)c1ccc(OCOCCO)o1. The Labute approximate surface area is 97.5 Å². The van der Waals surface area contributed by atoms with Crippen LogP contribution in [0.15, 0.2) is 16.5 Å². The van der Waals surface area contributed by atoms with Crippen molar-refractivity contribution in [2.75, 3.05) is 33.2 Å². The summed E-state index contributed by atoms with van der Waals surface area (Å²) < 4.78 is 19.5. The number of carbonyl (C=O) groups excluding carboxylic acids is 1. The second-order valence-electron chi connectivity index (χ2n) is 2.87. The second kappa shape index (κ2) is 7.66. The van der Waals surface area contributed by atoms with Crippen LogP contribution in [0.2, 0.25) is 0 Å². The predicted molar refractivity (Wildman–Crippen MR) is 54.6 cm³/mol. The lowest BCUT2D eigenvalue weighted by Crippen LogP contribution is -2.08. The molecule has 0 aliphatic carbocycles. The molecule has 1 aromatic rings. The smallest absolute Gasteiger partial charge is 0.374 e. The standard InChI is InChI=1S/C10H14O7/c11-3-5-14-7-16-9-2-1-8(17-9)10(13)15-6-4-12/h1-2,11-12H,3-7H2. The molecular weight excluding hydrogens is 232 g/mol. The van der Waals surface area contributed by atoms with Gasteiger partial charge >= 0.3 is 5.97 Å². The third-order valence-corrected chi connectivity index (χ3v) is 1.63. The van der Waals surface area contributed by atoms with Crippen LogP contribution in [0.25, 0.3) is 0 Å². The van der Waals surface area contributed by atoms with E-state index >= 15 is 0 Å². The van der Waals surface area contributed by atoms with Crippen LogP contribution in [0.5, 0.6) is 5.95 Å². The van der Waals surface area contributed by atoms with Gasteiger partial charge in [0.2, 0.25) is 5.76 Å². The number of carbonyl (C=O) groups is 1. The highest BCUT2D eigenvalue weighted by molar-refractivity contribution is 5.86. The fraction of sp³-hybridized carbons (Fsp3) is 0.500. The molecule has 0 unspecified atom stereocenters. The molecule has 17 heavy (non-hydrogen) atoms. The highest BCUT2D eigenvalue weighted by Gasteiger charge is 2.12. The molecule has 96 valence electrons. The van der Waals surface area contributed by atoms with Crippen molar-refractivity contribution in [3.05, 3.63) is 17.9 Å². The third kappa shape index (κ3) is 4.85. The minimum absolute atomic E-state index is 0.0180. The van der Waals surface area contributed by atoms with Gasteiger partial charge in [0.15, 0.2) is 6.79 Å². The van der Waals surface area contributed by atoms with E-state index in [1.54, 1.807) is 0 Å². The Bertz CT molecular complexity index is 333. The number of ether oxygens (including phenoxy) is 3. The van der Waals surface area contributed by atoms with Gasteiger partial charge in [0.05, 0.1) is 19.8 Å². The molecule has 0 bridgehead atoms. The van der Waals surface area contributed by atoms with E-state index < -0.39 is 5.97 Å². The van der Waals surface area contributed by atoms with E-state index in [-0.39, 0.29) is 44.9 Å². The van der Waals surface area contributed by atoms with Crippen molar-refractivity contribution in [3.63, 3.8) is 0 Å². The molecule has 1 aromatic heterocycles. The summed E-state index contributed by atoms with van der Waals surface area (Å²) in [6.45, 7) is -0.355. The van der Waals surface area contributed by atoms with Crippen LogP contribution in [0, 0.1) is 0 Å². The van der Waals surface area contributed by atoms with E-state index in [2.05, 4.69) is 4.74 Å². The number of aliphatic hydroxyl groups is 2. The number of hydrogen-bond donors (Lipinski definition) is 2. The first-order valence-electron chi connectivity index (χ1n) is 4.97. The molecule has 1 heterocycles. The van der Waals surface area contributed by atoms with Crippen molar-refractivity contribution in [1.82, 2.24) is 0 Å². The number of hydrogen-bond acceptors (Lipinski definition) is 7. The Morgan fingerprint density at radius 1 is 1.24 bits per heavy atom. The van der Waals surface area contributed by atoms with Crippen LogP contribution in [-0.4, -0.2) is 49.4 Å². The van der Waals surface area contributed by atoms with Crippen molar-refractivity contribution in [2.24, 2.45) is 0 Å². The Morgan fingerprint density at radius 2 is 2.00 bits per heavy atom. The highest BCUT2D eigenvalue weighted by Crippen LogP contribution is 2.16. The highest BCUT2D eigenvalue weighted by atomic mass is 16.7. The van der Waals surface area contributed by atoms with Gasteiger partial charge in [-0.3, -0.25) is 0 Å². The van der Waals surface area contributed by atoms with Gasteiger partial charge in [-0.1, -0.05) is 0 Å². The van der Waals surface area contributed by atoms with Gasteiger partial charge in [0, 0.05) is 6.07 Å². The van der Waals surface area contributed by atoms with Crippen LogP contribution in [0.4, 0.5) is 0 Å². The van der Waals surface area contributed by atoms with Crippen molar-refractivity contribution >= 4 is 5.97 Å². The van der Waals surface area contributed by atoms with Gasteiger partial charge < -0.3 is 28.8 Å². The van der Waals surface area contributed by atoms with E-state index in [1.807, 2.05) is 0 Å². The summed E-state index contributed by atoms with van der Waals surface area (Å²) in [4.78, 5) is 11.2. The minimum atomic E-state index is -0.676. The lowest BCUT2D eigenvalue weighted by atomic mass is 10.4. The van der Waals surface area contributed by atoms with Crippen LogP contribution in [0.1, 0.15) is 10.6 Å². The Morgan fingerprint density at radius 3 is 2.71 bits per heavy atom. The lowest BCUT2D eigenvalue weighted by molar-refractivity contribution is -0.0129. The predicted octanol–water partition coefficient (Wildman–Crippen LogP) is -0.226. The zero-order valence-electron chi connectivity index (χ0n) is 9.13. The first-order chi connectivity index (χ1) is 8.27. The molecule has 0 radical (unpaired) electrons. The summed E-state index contributed by atoms with van der Waals surface area (Å²) >= 11 is 0. The van der Waals surface area contributed by atoms with Gasteiger partial charge in [0.1, 0.15) is 6.61 Å². The zero-order chi connectivity index (χ0) is 12.5. The van der Waals surface area contributed by atoms with E-state index in [0.29, 0.717) is 0 Å². The van der Waals surface area contributed by atoms with Crippen LogP contribution in [-0.2, 0) is 9.47 Å². The number of furan rings is 1. The summed E-state index contributed by atoms with van der Waals surface area (Å²) in [5.41, 5.74) is 0. The van der Waals surface area contributed by atoms with Gasteiger partial charge in [0.25, 0.3) is 5.95 Å². The van der Waals surface area contributed by atoms with Gasteiger partial charge in [-0.25, -0.2) is 4.79 Å². The molecule has 0 atom stereocenters.